The lowest BCUT2D eigenvalue weighted by Gasteiger charge is -2.11. The van der Waals surface area contributed by atoms with Gasteiger partial charge in [-0.3, -0.25) is 4.79 Å². The highest BCUT2D eigenvalue weighted by molar-refractivity contribution is 7.91. The molecule has 0 spiro atoms. The number of benzene rings is 1. The lowest BCUT2D eigenvalue weighted by molar-refractivity contribution is 0.0938. The van der Waals surface area contributed by atoms with E-state index in [1.165, 1.54) is 18.2 Å². The summed E-state index contributed by atoms with van der Waals surface area (Å²) >= 11 is 5.74. The predicted octanol–water partition coefficient (Wildman–Crippen LogP) is 0.962. The fraction of sp³-hybridized carbons (Fsp3) is 0.364. The van der Waals surface area contributed by atoms with Gasteiger partial charge in [0.15, 0.2) is 9.84 Å². The third-order valence-corrected chi connectivity index (χ3v) is 4.77. The van der Waals surface area contributed by atoms with E-state index in [0.717, 1.165) is 0 Å². The molecule has 18 heavy (non-hydrogen) atoms. The summed E-state index contributed by atoms with van der Waals surface area (Å²) in [6.45, 7) is 0. The van der Waals surface area contributed by atoms with Crippen molar-refractivity contribution in [3.05, 3.63) is 28.8 Å². The van der Waals surface area contributed by atoms with Crippen LogP contribution in [-0.4, -0.2) is 37.0 Å². The number of aromatic hydroxyl groups is 1. The van der Waals surface area contributed by atoms with Crippen LogP contribution in [0.3, 0.4) is 0 Å². The molecule has 98 valence electrons. The third-order valence-electron chi connectivity index (χ3n) is 2.77. The minimum Gasteiger partial charge on any atom is -0.507 e. The normalized spacial score (nSPS) is 21.7. The van der Waals surface area contributed by atoms with Gasteiger partial charge in [-0.05, 0) is 24.6 Å². The van der Waals surface area contributed by atoms with Crippen molar-refractivity contribution in [3.8, 4) is 5.75 Å². The van der Waals surface area contributed by atoms with E-state index in [4.69, 9.17) is 11.6 Å². The van der Waals surface area contributed by atoms with E-state index in [9.17, 15) is 18.3 Å². The Morgan fingerprint density at radius 1 is 1.44 bits per heavy atom. The van der Waals surface area contributed by atoms with Gasteiger partial charge in [0, 0.05) is 11.1 Å². The number of rotatable bonds is 2. The van der Waals surface area contributed by atoms with Crippen molar-refractivity contribution < 1.29 is 18.3 Å². The second-order valence-electron chi connectivity index (χ2n) is 4.23. The Balaban J connectivity index is 2.11. The van der Waals surface area contributed by atoms with Gasteiger partial charge >= 0.3 is 0 Å². The number of carbonyl (C=O) groups is 1. The molecular weight excluding hydrogens is 278 g/mol. The fourth-order valence-corrected chi connectivity index (χ4v) is 3.71. The van der Waals surface area contributed by atoms with E-state index in [2.05, 4.69) is 5.32 Å². The van der Waals surface area contributed by atoms with Crippen molar-refractivity contribution in [2.75, 3.05) is 11.5 Å². The van der Waals surface area contributed by atoms with Crippen LogP contribution in [0.15, 0.2) is 18.2 Å². The summed E-state index contributed by atoms with van der Waals surface area (Å²) in [5.74, 6) is -0.672. The van der Waals surface area contributed by atoms with Crippen LogP contribution < -0.4 is 5.32 Å². The van der Waals surface area contributed by atoms with E-state index in [1.807, 2.05) is 0 Å². The molecule has 2 rings (SSSR count). The number of halogens is 1. The topological polar surface area (TPSA) is 83.5 Å². The molecule has 1 amide bonds. The van der Waals surface area contributed by atoms with Crippen molar-refractivity contribution in [1.29, 1.82) is 0 Å². The van der Waals surface area contributed by atoms with Gasteiger partial charge in [0.25, 0.3) is 5.91 Å². The first kappa shape index (κ1) is 13.2. The molecule has 1 saturated heterocycles. The molecule has 0 radical (unpaired) electrons. The summed E-state index contributed by atoms with van der Waals surface area (Å²) < 4.78 is 22.5. The Bertz CT molecular complexity index is 585. The molecule has 1 aliphatic heterocycles. The number of amides is 1. The van der Waals surface area contributed by atoms with Crippen LogP contribution in [0.1, 0.15) is 16.8 Å². The van der Waals surface area contributed by atoms with Crippen molar-refractivity contribution in [1.82, 2.24) is 5.32 Å². The van der Waals surface area contributed by atoms with E-state index in [1.54, 1.807) is 0 Å². The quantitative estimate of drug-likeness (QED) is 0.849. The number of hydrogen-bond donors (Lipinski definition) is 2. The molecule has 1 aromatic carbocycles. The number of phenolic OH excluding ortho intramolecular Hbond substituents is 1. The van der Waals surface area contributed by atoms with Crippen LogP contribution in [0.4, 0.5) is 0 Å². The smallest absolute Gasteiger partial charge is 0.255 e. The molecule has 0 aliphatic carbocycles. The zero-order chi connectivity index (χ0) is 13.3. The number of phenols is 1. The third kappa shape index (κ3) is 2.94. The Kier molecular flexibility index (Phi) is 3.49. The number of carbonyl (C=O) groups excluding carboxylic acids is 1. The summed E-state index contributed by atoms with van der Waals surface area (Å²) in [4.78, 5) is 11.9. The van der Waals surface area contributed by atoms with Gasteiger partial charge in [0.1, 0.15) is 5.75 Å². The van der Waals surface area contributed by atoms with E-state index in [0.29, 0.717) is 11.4 Å². The van der Waals surface area contributed by atoms with E-state index >= 15 is 0 Å². The Hall–Kier alpha value is -1.27. The zero-order valence-corrected chi connectivity index (χ0v) is 11.0. The highest BCUT2D eigenvalue weighted by atomic mass is 35.5. The maximum absolute atomic E-state index is 11.9. The van der Waals surface area contributed by atoms with Crippen LogP contribution in [0.5, 0.6) is 5.75 Å². The second kappa shape index (κ2) is 4.78. The molecule has 0 bridgehead atoms. The van der Waals surface area contributed by atoms with Crippen LogP contribution in [-0.2, 0) is 9.84 Å². The number of hydrogen-bond acceptors (Lipinski definition) is 4. The molecule has 1 heterocycles. The monoisotopic (exact) mass is 289 g/mol. The number of nitrogens with one attached hydrogen (secondary N) is 1. The lowest BCUT2D eigenvalue weighted by Crippen LogP contribution is -2.35. The van der Waals surface area contributed by atoms with Crippen molar-refractivity contribution in [2.24, 2.45) is 0 Å². The molecule has 5 nitrogen and oxygen atoms in total. The summed E-state index contributed by atoms with van der Waals surface area (Å²) in [5, 5.41) is 12.5. The van der Waals surface area contributed by atoms with Crippen LogP contribution in [0.25, 0.3) is 0 Å². The molecule has 1 aromatic rings. The Morgan fingerprint density at radius 2 is 2.17 bits per heavy atom. The van der Waals surface area contributed by atoms with Gasteiger partial charge in [0.05, 0.1) is 17.1 Å². The second-order valence-corrected chi connectivity index (χ2v) is 6.90. The molecule has 1 aliphatic rings. The number of sulfone groups is 1. The summed E-state index contributed by atoms with van der Waals surface area (Å²) in [6, 6.07) is 3.73. The Morgan fingerprint density at radius 3 is 2.78 bits per heavy atom. The van der Waals surface area contributed by atoms with Crippen molar-refractivity contribution in [2.45, 2.75) is 12.5 Å². The van der Waals surface area contributed by atoms with E-state index < -0.39 is 21.8 Å². The Labute approximate surface area is 110 Å². The van der Waals surface area contributed by atoms with Gasteiger partial charge in [-0.15, -0.1) is 0 Å². The minimum absolute atomic E-state index is 0.0480. The molecule has 0 aromatic heterocycles. The predicted molar refractivity (Wildman–Crippen MR) is 67.6 cm³/mol. The van der Waals surface area contributed by atoms with Gasteiger partial charge in [0.2, 0.25) is 0 Å². The average Bonchev–Trinajstić information content (AvgIpc) is 2.61. The fourth-order valence-electron chi connectivity index (χ4n) is 1.86. The van der Waals surface area contributed by atoms with Gasteiger partial charge < -0.3 is 10.4 Å². The molecule has 1 atom stereocenters. The zero-order valence-electron chi connectivity index (χ0n) is 9.39. The first-order chi connectivity index (χ1) is 8.37. The standard InChI is InChI=1S/C11H12ClNO4S/c12-7-1-2-10(14)9(5-7)11(15)13-8-3-4-18(16,17)6-8/h1-2,5,8,14H,3-4,6H2,(H,13,15). The van der Waals surface area contributed by atoms with Crippen molar-refractivity contribution in [3.63, 3.8) is 0 Å². The molecule has 1 unspecified atom stereocenters. The van der Waals surface area contributed by atoms with Crippen molar-refractivity contribution >= 4 is 27.3 Å². The van der Waals surface area contributed by atoms with E-state index in [-0.39, 0.29) is 22.8 Å². The molecule has 0 saturated carbocycles. The summed E-state index contributed by atoms with van der Waals surface area (Å²) in [6.07, 6.45) is 0.398. The highest BCUT2D eigenvalue weighted by Gasteiger charge is 2.29. The summed E-state index contributed by atoms with van der Waals surface area (Å²) in [5.41, 5.74) is 0.0480. The SMILES string of the molecule is O=C(NC1CCS(=O)(=O)C1)c1cc(Cl)ccc1O. The van der Waals surface area contributed by atoms with Gasteiger partial charge in [-0.25, -0.2) is 8.42 Å². The average molecular weight is 290 g/mol. The highest BCUT2D eigenvalue weighted by Crippen LogP contribution is 2.22. The molecular formula is C11H12ClNO4S. The molecule has 7 heteroatoms. The first-order valence-corrected chi connectivity index (χ1v) is 7.57. The van der Waals surface area contributed by atoms with Crippen LogP contribution >= 0.6 is 11.6 Å². The molecule has 2 N–H and O–H groups in total. The lowest BCUT2D eigenvalue weighted by atomic mass is 10.1. The van der Waals surface area contributed by atoms with Gasteiger partial charge in [-0.1, -0.05) is 11.6 Å². The van der Waals surface area contributed by atoms with Crippen LogP contribution in [0, 0.1) is 0 Å². The van der Waals surface area contributed by atoms with Crippen LogP contribution in [0.2, 0.25) is 5.02 Å². The first-order valence-electron chi connectivity index (χ1n) is 5.37. The largest absolute Gasteiger partial charge is 0.507 e. The maximum atomic E-state index is 11.9. The minimum atomic E-state index is -3.04. The summed E-state index contributed by atoms with van der Waals surface area (Å²) in [7, 11) is -3.04. The van der Waals surface area contributed by atoms with Gasteiger partial charge in [-0.2, -0.15) is 0 Å². The maximum Gasteiger partial charge on any atom is 0.255 e. The molecule has 1 fully saturated rings.